The Labute approximate surface area is 143 Å². The monoisotopic (exact) mass is 378 g/mol. The lowest BCUT2D eigenvalue weighted by Crippen LogP contribution is -2.37. The van der Waals surface area contributed by atoms with Crippen molar-refractivity contribution in [1.29, 1.82) is 0 Å². The predicted octanol–water partition coefficient (Wildman–Crippen LogP) is 3.65. The first-order valence-corrected chi connectivity index (χ1v) is 7.79. The van der Waals surface area contributed by atoms with Crippen molar-refractivity contribution in [3.63, 3.8) is 0 Å². The molecule has 0 aliphatic heterocycles. The molecule has 0 aromatic heterocycles. The second-order valence-electron chi connectivity index (χ2n) is 4.61. The van der Waals surface area contributed by atoms with Crippen LogP contribution in [-0.2, 0) is 4.79 Å². The first-order valence-electron chi connectivity index (χ1n) is 6.59. The molecule has 0 heterocycles. The Morgan fingerprint density at radius 1 is 1.14 bits per heavy atom. The molecule has 0 unspecified atom stereocenters. The van der Waals surface area contributed by atoms with Crippen molar-refractivity contribution in [1.82, 2.24) is 5.32 Å². The van der Waals surface area contributed by atoms with Gasteiger partial charge in [-0.05, 0) is 55.5 Å². The zero-order valence-corrected chi connectivity index (χ0v) is 14.3. The summed E-state index contributed by atoms with van der Waals surface area (Å²) in [6, 6.07) is 15.0. The van der Waals surface area contributed by atoms with Crippen LogP contribution in [0, 0.1) is 6.92 Å². The molecule has 0 aliphatic rings. The van der Waals surface area contributed by atoms with Crippen molar-refractivity contribution in [3.05, 3.63) is 58.6 Å². The second kappa shape index (κ2) is 7.91. The summed E-state index contributed by atoms with van der Waals surface area (Å²) >= 11 is 8.43. The van der Waals surface area contributed by atoms with Gasteiger partial charge in [-0.3, -0.25) is 10.1 Å². The minimum atomic E-state index is -0.310. The molecule has 1 amide bonds. The molecule has 0 atom stereocenters. The highest BCUT2D eigenvalue weighted by Crippen LogP contribution is 2.14. The molecule has 114 valence electrons. The molecule has 0 saturated carbocycles. The highest BCUT2D eigenvalue weighted by atomic mass is 79.9. The predicted molar refractivity (Wildman–Crippen MR) is 95.2 cm³/mol. The van der Waals surface area contributed by atoms with Gasteiger partial charge < -0.3 is 10.1 Å². The van der Waals surface area contributed by atoms with Gasteiger partial charge in [0.15, 0.2) is 11.7 Å². The maximum Gasteiger partial charge on any atom is 0.264 e. The summed E-state index contributed by atoms with van der Waals surface area (Å²) in [5.74, 6) is 0.336. The van der Waals surface area contributed by atoms with Crippen LogP contribution in [0.4, 0.5) is 5.69 Å². The maximum absolute atomic E-state index is 11.8. The molecule has 0 aliphatic carbocycles. The number of ether oxygens (including phenoxy) is 1. The lowest BCUT2D eigenvalue weighted by molar-refractivity contribution is -0.121. The standard InChI is InChI=1S/C16H15BrN2O2S/c1-11-2-8-14(9-3-11)21-10-15(20)19-16(22)18-13-6-4-12(17)5-7-13/h2-9H,10H2,1H3,(H2,18,19,20,22). The number of carbonyl (C=O) groups excluding carboxylic acids is 1. The molecule has 2 rings (SSSR count). The Hall–Kier alpha value is -1.92. The van der Waals surface area contributed by atoms with Crippen LogP contribution >= 0.6 is 28.1 Å². The fraction of sp³-hybridized carbons (Fsp3) is 0.125. The van der Waals surface area contributed by atoms with Crippen molar-refractivity contribution in [2.24, 2.45) is 0 Å². The second-order valence-corrected chi connectivity index (χ2v) is 5.93. The maximum atomic E-state index is 11.8. The number of hydrogen-bond donors (Lipinski definition) is 2. The van der Waals surface area contributed by atoms with E-state index in [0.29, 0.717) is 5.75 Å². The fourth-order valence-electron chi connectivity index (χ4n) is 1.64. The van der Waals surface area contributed by atoms with Crippen molar-refractivity contribution in [2.45, 2.75) is 6.92 Å². The van der Waals surface area contributed by atoms with Crippen LogP contribution in [0.3, 0.4) is 0 Å². The zero-order chi connectivity index (χ0) is 15.9. The summed E-state index contributed by atoms with van der Waals surface area (Å²) in [5, 5.41) is 5.73. The average molecular weight is 379 g/mol. The number of thiocarbonyl (C=S) groups is 1. The summed E-state index contributed by atoms with van der Waals surface area (Å²) in [4.78, 5) is 11.8. The van der Waals surface area contributed by atoms with Gasteiger partial charge in [-0.2, -0.15) is 0 Å². The molecule has 0 saturated heterocycles. The molecule has 0 spiro atoms. The van der Waals surface area contributed by atoms with Gasteiger partial charge in [0, 0.05) is 10.2 Å². The van der Waals surface area contributed by atoms with E-state index in [1.165, 1.54) is 0 Å². The lowest BCUT2D eigenvalue weighted by Gasteiger charge is -2.10. The molecule has 2 N–H and O–H groups in total. The van der Waals surface area contributed by atoms with Gasteiger partial charge in [0.1, 0.15) is 5.75 Å². The third kappa shape index (κ3) is 5.46. The van der Waals surface area contributed by atoms with E-state index >= 15 is 0 Å². The van der Waals surface area contributed by atoms with Crippen LogP contribution in [-0.4, -0.2) is 17.6 Å². The van der Waals surface area contributed by atoms with E-state index in [1.807, 2.05) is 55.5 Å². The number of rotatable bonds is 4. The number of aryl methyl sites for hydroxylation is 1. The topological polar surface area (TPSA) is 50.4 Å². The van der Waals surface area contributed by atoms with Gasteiger partial charge in [-0.15, -0.1) is 0 Å². The summed E-state index contributed by atoms with van der Waals surface area (Å²) in [7, 11) is 0. The fourth-order valence-corrected chi connectivity index (χ4v) is 2.14. The van der Waals surface area contributed by atoms with E-state index in [9.17, 15) is 4.79 Å². The van der Waals surface area contributed by atoms with Gasteiger partial charge in [-0.25, -0.2) is 0 Å². The number of anilines is 1. The van der Waals surface area contributed by atoms with E-state index in [2.05, 4.69) is 26.6 Å². The molecule has 0 bridgehead atoms. The minimum absolute atomic E-state index is 0.0920. The van der Waals surface area contributed by atoms with Crippen molar-refractivity contribution >= 4 is 44.9 Å². The number of hydrogen-bond acceptors (Lipinski definition) is 3. The largest absolute Gasteiger partial charge is 0.484 e. The average Bonchev–Trinajstić information content (AvgIpc) is 2.49. The summed E-state index contributed by atoms with van der Waals surface area (Å²) in [6.45, 7) is 1.90. The molecule has 22 heavy (non-hydrogen) atoms. The summed E-state index contributed by atoms with van der Waals surface area (Å²) in [6.07, 6.45) is 0. The van der Waals surface area contributed by atoms with Gasteiger partial charge in [0.25, 0.3) is 5.91 Å². The Balaban J connectivity index is 1.77. The Bertz CT molecular complexity index is 657. The van der Waals surface area contributed by atoms with Crippen LogP contribution in [0.15, 0.2) is 53.0 Å². The van der Waals surface area contributed by atoms with Gasteiger partial charge in [0.2, 0.25) is 0 Å². The normalized spacial score (nSPS) is 9.91. The van der Waals surface area contributed by atoms with Crippen molar-refractivity contribution in [2.75, 3.05) is 11.9 Å². The Kier molecular flexibility index (Phi) is 5.91. The third-order valence-corrected chi connectivity index (χ3v) is 3.48. The van der Waals surface area contributed by atoms with Crippen LogP contribution in [0.25, 0.3) is 0 Å². The van der Waals surface area contributed by atoms with E-state index in [4.69, 9.17) is 17.0 Å². The van der Waals surface area contributed by atoms with Crippen molar-refractivity contribution < 1.29 is 9.53 Å². The van der Waals surface area contributed by atoms with E-state index in [0.717, 1.165) is 15.7 Å². The molecule has 4 nitrogen and oxygen atoms in total. The van der Waals surface area contributed by atoms with E-state index in [1.54, 1.807) is 0 Å². The van der Waals surface area contributed by atoms with Crippen LogP contribution in [0.1, 0.15) is 5.56 Å². The van der Waals surface area contributed by atoms with Gasteiger partial charge in [-0.1, -0.05) is 33.6 Å². The SMILES string of the molecule is Cc1ccc(OCC(=O)NC(=S)Nc2ccc(Br)cc2)cc1. The molecule has 2 aromatic carbocycles. The van der Waals surface area contributed by atoms with Crippen molar-refractivity contribution in [3.8, 4) is 5.75 Å². The van der Waals surface area contributed by atoms with Crippen LogP contribution in [0.2, 0.25) is 0 Å². The molecule has 2 aromatic rings. The number of benzene rings is 2. The molecular formula is C16H15BrN2O2S. The van der Waals surface area contributed by atoms with Crippen LogP contribution < -0.4 is 15.4 Å². The lowest BCUT2D eigenvalue weighted by atomic mass is 10.2. The smallest absolute Gasteiger partial charge is 0.264 e. The first-order chi connectivity index (χ1) is 10.5. The Morgan fingerprint density at radius 3 is 2.41 bits per heavy atom. The van der Waals surface area contributed by atoms with E-state index in [-0.39, 0.29) is 17.6 Å². The quantitative estimate of drug-likeness (QED) is 0.797. The number of amides is 1. The zero-order valence-electron chi connectivity index (χ0n) is 11.9. The highest BCUT2D eigenvalue weighted by molar-refractivity contribution is 9.10. The third-order valence-electron chi connectivity index (χ3n) is 2.75. The minimum Gasteiger partial charge on any atom is -0.484 e. The van der Waals surface area contributed by atoms with Crippen LogP contribution in [0.5, 0.6) is 5.75 Å². The number of carbonyl (C=O) groups is 1. The number of halogens is 1. The molecule has 0 fully saturated rings. The number of nitrogens with one attached hydrogen (secondary N) is 2. The Morgan fingerprint density at radius 2 is 1.77 bits per heavy atom. The molecular weight excluding hydrogens is 364 g/mol. The summed E-state index contributed by atoms with van der Waals surface area (Å²) < 4.78 is 6.36. The molecule has 0 radical (unpaired) electrons. The first kappa shape index (κ1) is 16.5. The summed E-state index contributed by atoms with van der Waals surface area (Å²) in [5.41, 5.74) is 1.93. The van der Waals surface area contributed by atoms with Gasteiger partial charge >= 0.3 is 0 Å². The highest BCUT2D eigenvalue weighted by Gasteiger charge is 2.06. The van der Waals surface area contributed by atoms with Gasteiger partial charge in [0.05, 0.1) is 0 Å². The molecule has 6 heteroatoms. The van der Waals surface area contributed by atoms with E-state index < -0.39 is 0 Å².